The molecule has 2 rings (SSSR count). The lowest BCUT2D eigenvalue weighted by atomic mass is 10.2. The van der Waals surface area contributed by atoms with Crippen LogP contribution in [0.5, 0.6) is 17.2 Å². The monoisotopic (exact) mass is 398 g/mol. The Kier molecular flexibility index (Phi) is 4.67. The lowest BCUT2D eigenvalue weighted by molar-refractivity contribution is 0.412. The number of halogens is 2. The van der Waals surface area contributed by atoms with Crippen molar-refractivity contribution in [2.24, 2.45) is 5.73 Å². The van der Waals surface area contributed by atoms with E-state index in [0.29, 0.717) is 21.5 Å². The first-order valence-electron chi connectivity index (χ1n) is 5.66. The van der Waals surface area contributed by atoms with Gasteiger partial charge in [0.1, 0.15) is 23.1 Å². The zero-order chi connectivity index (χ0) is 14.7. The minimum atomic E-state index is 0.00838. The summed E-state index contributed by atoms with van der Waals surface area (Å²) in [5.41, 5.74) is 6.10. The van der Waals surface area contributed by atoms with Crippen molar-refractivity contribution >= 4 is 37.7 Å². The maximum absolute atomic E-state index is 7.43. The van der Waals surface area contributed by atoms with Crippen molar-refractivity contribution in [3.05, 3.63) is 50.9 Å². The number of nitrogen functional groups attached to an aromatic ring is 1. The molecular weight excluding hydrogens is 388 g/mol. The Hall–Kier alpha value is -1.53. The molecule has 0 bridgehead atoms. The predicted molar refractivity (Wildman–Crippen MR) is 85.9 cm³/mol. The number of hydrogen-bond donors (Lipinski definition) is 2. The van der Waals surface area contributed by atoms with Gasteiger partial charge in [-0.2, -0.15) is 0 Å². The number of hydrogen-bond acceptors (Lipinski definition) is 3. The average molecular weight is 400 g/mol. The van der Waals surface area contributed by atoms with Gasteiger partial charge in [0.15, 0.2) is 0 Å². The minimum Gasteiger partial charge on any atom is -0.497 e. The van der Waals surface area contributed by atoms with Gasteiger partial charge in [0.2, 0.25) is 0 Å². The van der Waals surface area contributed by atoms with E-state index < -0.39 is 0 Å². The fourth-order valence-electron chi connectivity index (χ4n) is 1.60. The Labute approximate surface area is 133 Å². The highest BCUT2D eigenvalue weighted by atomic mass is 79.9. The van der Waals surface area contributed by atoms with Gasteiger partial charge in [-0.25, -0.2) is 0 Å². The van der Waals surface area contributed by atoms with E-state index in [4.69, 9.17) is 20.6 Å². The van der Waals surface area contributed by atoms with Crippen LogP contribution in [-0.2, 0) is 0 Å². The van der Waals surface area contributed by atoms with E-state index in [0.717, 1.165) is 10.2 Å². The summed E-state index contributed by atoms with van der Waals surface area (Å²) in [6.45, 7) is 0. The highest BCUT2D eigenvalue weighted by molar-refractivity contribution is 9.10. The first-order valence-corrected chi connectivity index (χ1v) is 7.25. The summed E-state index contributed by atoms with van der Waals surface area (Å²) in [5, 5.41) is 7.43. The third kappa shape index (κ3) is 3.32. The first kappa shape index (κ1) is 14.9. The number of ether oxygens (including phenoxy) is 2. The molecule has 0 aliphatic rings. The van der Waals surface area contributed by atoms with Gasteiger partial charge >= 0.3 is 0 Å². The van der Waals surface area contributed by atoms with E-state index in [2.05, 4.69) is 31.9 Å². The van der Waals surface area contributed by atoms with Crippen molar-refractivity contribution in [2.45, 2.75) is 0 Å². The Bertz CT molecular complexity index is 660. The molecule has 6 heteroatoms. The van der Waals surface area contributed by atoms with Gasteiger partial charge in [-0.1, -0.05) is 0 Å². The molecule has 104 valence electrons. The third-order valence-corrected chi connectivity index (χ3v) is 3.87. The average Bonchev–Trinajstić information content (AvgIpc) is 2.40. The fourth-order valence-corrected chi connectivity index (χ4v) is 2.61. The van der Waals surface area contributed by atoms with Crippen molar-refractivity contribution in [1.29, 1.82) is 5.41 Å². The zero-order valence-corrected chi connectivity index (χ0v) is 13.8. The summed E-state index contributed by atoms with van der Waals surface area (Å²) < 4.78 is 12.4. The topological polar surface area (TPSA) is 68.3 Å². The van der Waals surface area contributed by atoms with E-state index in [-0.39, 0.29) is 5.84 Å². The molecule has 0 saturated heterocycles. The van der Waals surface area contributed by atoms with Crippen LogP contribution in [0.15, 0.2) is 45.3 Å². The molecule has 0 aliphatic heterocycles. The second kappa shape index (κ2) is 6.28. The molecule has 0 saturated carbocycles. The van der Waals surface area contributed by atoms with Gasteiger partial charge in [0, 0.05) is 10.0 Å². The van der Waals surface area contributed by atoms with Crippen LogP contribution in [0.3, 0.4) is 0 Å². The number of nitrogens with one attached hydrogen (secondary N) is 1. The van der Waals surface area contributed by atoms with Gasteiger partial charge in [0.25, 0.3) is 0 Å². The van der Waals surface area contributed by atoms with Crippen LogP contribution in [0, 0.1) is 5.41 Å². The highest BCUT2D eigenvalue weighted by Crippen LogP contribution is 2.34. The van der Waals surface area contributed by atoms with E-state index >= 15 is 0 Å². The lowest BCUT2D eigenvalue weighted by Gasteiger charge is -2.10. The molecule has 20 heavy (non-hydrogen) atoms. The Morgan fingerprint density at radius 2 is 1.70 bits per heavy atom. The molecule has 0 atom stereocenters. The van der Waals surface area contributed by atoms with Gasteiger partial charge in [-0.15, -0.1) is 0 Å². The summed E-state index contributed by atoms with van der Waals surface area (Å²) in [7, 11) is 1.61. The molecular formula is C14H12Br2N2O2. The molecule has 0 unspecified atom stereocenters. The summed E-state index contributed by atoms with van der Waals surface area (Å²) in [5.74, 6) is 2.08. The van der Waals surface area contributed by atoms with Gasteiger partial charge in [-0.3, -0.25) is 5.41 Å². The first-order chi connectivity index (χ1) is 9.51. The SMILES string of the molecule is COc1ccc(Oc2ccc(C(=N)N)c(Br)c2)c(Br)c1. The molecule has 2 aromatic rings. The van der Waals surface area contributed by atoms with Crippen LogP contribution in [0.25, 0.3) is 0 Å². The maximum Gasteiger partial charge on any atom is 0.141 e. The Balaban J connectivity index is 2.26. The highest BCUT2D eigenvalue weighted by Gasteiger charge is 2.08. The lowest BCUT2D eigenvalue weighted by Crippen LogP contribution is -2.11. The van der Waals surface area contributed by atoms with Crippen molar-refractivity contribution in [1.82, 2.24) is 0 Å². The Morgan fingerprint density at radius 3 is 2.25 bits per heavy atom. The molecule has 2 aromatic carbocycles. The van der Waals surface area contributed by atoms with Crippen LogP contribution < -0.4 is 15.2 Å². The van der Waals surface area contributed by atoms with E-state index in [1.54, 1.807) is 25.3 Å². The molecule has 0 heterocycles. The van der Waals surface area contributed by atoms with Crippen molar-refractivity contribution in [2.75, 3.05) is 7.11 Å². The number of amidine groups is 1. The second-order valence-corrected chi connectivity index (χ2v) is 5.66. The molecule has 0 amide bonds. The summed E-state index contributed by atoms with van der Waals surface area (Å²) in [4.78, 5) is 0. The quantitative estimate of drug-likeness (QED) is 0.594. The van der Waals surface area contributed by atoms with Crippen molar-refractivity contribution < 1.29 is 9.47 Å². The van der Waals surface area contributed by atoms with Crippen molar-refractivity contribution in [3.63, 3.8) is 0 Å². The summed E-state index contributed by atoms with van der Waals surface area (Å²) in [6.07, 6.45) is 0. The standard InChI is InChI=1S/C14H12Br2N2O2/c1-19-8-3-5-13(12(16)6-8)20-9-2-4-10(14(17)18)11(15)7-9/h2-7H,1H3,(H3,17,18). The largest absolute Gasteiger partial charge is 0.497 e. The molecule has 3 N–H and O–H groups in total. The van der Waals surface area contributed by atoms with Gasteiger partial charge in [0.05, 0.1) is 11.6 Å². The normalized spacial score (nSPS) is 10.2. The molecule has 0 spiro atoms. The van der Waals surface area contributed by atoms with Crippen LogP contribution in [0.1, 0.15) is 5.56 Å². The predicted octanol–water partition coefficient (Wildman–Crippen LogP) is 4.30. The summed E-state index contributed by atoms with van der Waals surface area (Å²) in [6, 6.07) is 10.7. The maximum atomic E-state index is 7.43. The van der Waals surface area contributed by atoms with Gasteiger partial charge < -0.3 is 15.2 Å². The number of methoxy groups -OCH3 is 1. The molecule has 4 nitrogen and oxygen atoms in total. The third-order valence-electron chi connectivity index (χ3n) is 2.60. The second-order valence-electron chi connectivity index (χ2n) is 3.95. The van der Waals surface area contributed by atoms with E-state index in [1.165, 1.54) is 0 Å². The van der Waals surface area contributed by atoms with E-state index in [9.17, 15) is 0 Å². The molecule has 0 aromatic heterocycles. The smallest absolute Gasteiger partial charge is 0.141 e. The van der Waals surface area contributed by atoms with E-state index in [1.807, 2.05) is 18.2 Å². The minimum absolute atomic E-state index is 0.00838. The van der Waals surface area contributed by atoms with Crippen molar-refractivity contribution in [3.8, 4) is 17.2 Å². The van der Waals surface area contributed by atoms with Crippen LogP contribution in [0.2, 0.25) is 0 Å². The molecule has 0 aliphatic carbocycles. The summed E-state index contributed by atoms with van der Waals surface area (Å²) >= 11 is 6.80. The Morgan fingerprint density at radius 1 is 1.05 bits per heavy atom. The number of nitrogens with two attached hydrogens (primary N) is 1. The zero-order valence-electron chi connectivity index (χ0n) is 10.6. The van der Waals surface area contributed by atoms with Crippen LogP contribution in [0.4, 0.5) is 0 Å². The fraction of sp³-hybridized carbons (Fsp3) is 0.0714. The number of benzene rings is 2. The molecule has 0 fully saturated rings. The molecule has 0 radical (unpaired) electrons. The van der Waals surface area contributed by atoms with Crippen LogP contribution >= 0.6 is 31.9 Å². The van der Waals surface area contributed by atoms with Gasteiger partial charge in [-0.05, 0) is 68.3 Å². The van der Waals surface area contributed by atoms with Crippen LogP contribution in [-0.4, -0.2) is 12.9 Å². The number of rotatable bonds is 4.